The third kappa shape index (κ3) is 2.95. The lowest BCUT2D eigenvalue weighted by Crippen LogP contribution is -2.06. The molecule has 2 aromatic rings. The molecule has 0 aliphatic heterocycles. The Morgan fingerprint density at radius 3 is 2.70 bits per heavy atom. The summed E-state index contributed by atoms with van der Waals surface area (Å²) in [4.78, 5) is 11.1. The average molecular weight is 275 g/mol. The van der Waals surface area contributed by atoms with Crippen LogP contribution in [0, 0.1) is 5.82 Å². The second kappa shape index (κ2) is 6.16. The topological polar surface area (TPSA) is 58.6 Å². The van der Waals surface area contributed by atoms with Crippen LogP contribution in [-0.4, -0.2) is 18.2 Å². The lowest BCUT2D eigenvalue weighted by molar-refractivity contribution is 0.0697. The van der Waals surface area contributed by atoms with Crippen LogP contribution in [0.15, 0.2) is 42.5 Å². The first-order valence-corrected chi connectivity index (χ1v) is 5.99. The molecular weight excluding hydrogens is 261 g/mol. The molecule has 0 radical (unpaired) electrons. The van der Waals surface area contributed by atoms with E-state index in [0.717, 1.165) is 5.56 Å². The highest BCUT2D eigenvalue weighted by molar-refractivity contribution is 5.95. The molecule has 0 amide bonds. The number of halogens is 1. The van der Waals surface area contributed by atoms with Crippen LogP contribution >= 0.6 is 0 Å². The molecule has 5 heteroatoms. The maximum Gasteiger partial charge on any atom is 0.337 e. The van der Waals surface area contributed by atoms with E-state index in [-0.39, 0.29) is 11.3 Å². The summed E-state index contributed by atoms with van der Waals surface area (Å²) in [6.07, 6.45) is 0. The third-order valence-electron chi connectivity index (χ3n) is 2.82. The Balaban J connectivity index is 2.42. The van der Waals surface area contributed by atoms with Crippen molar-refractivity contribution in [2.24, 2.45) is 0 Å². The molecule has 0 heterocycles. The van der Waals surface area contributed by atoms with Crippen molar-refractivity contribution in [1.29, 1.82) is 0 Å². The summed E-state index contributed by atoms with van der Waals surface area (Å²) in [6, 6.07) is 11.1. The fraction of sp³-hybridized carbons (Fsp3) is 0.133. The standard InChI is InChI=1S/C15H14FNO3/c1-20-9-10-5-2-3-8-13(10)17-14-11(15(18)19)6-4-7-12(14)16/h2-8,17H,9H2,1H3,(H,18,19). The molecule has 0 saturated carbocycles. The quantitative estimate of drug-likeness (QED) is 0.878. The second-order valence-electron chi connectivity index (χ2n) is 4.18. The number of carboxylic acid groups (broad SMARTS) is 1. The minimum Gasteiger partial charge on any atom is -0.478 e. The van der Waals surface area contributed by atoms with Crippen LogP contribution in [0.3, 0.4) is 0 Å². The van der Waals surface area contributed by atoms with E-state index in [9.17, 15) is 9.18 Å². The van der Waals surface area contributed by atoms with Gasteiger partial charge in [-0.05, 0) is 18.2 Å². The highest BCUT2D eigenvalue weighted by Crippen LogP contribution is 2.26. The maximum absolute atomic E-state index is 13.9. The normalized spacial score (nSPS) is 10.3. The first kappa shape index (κ1) is 14.0. The zero-order valence-corrected chi connectivity index (χ0v) is 10.9. The molecule has 0 atom stereocenters. The van der Waals surface area contributed by atoms with Crippen LogP contribution in [0.5, 0.6) is 0 Å². The van der Waals surface area contributed by atoms with Crippen LogP contribution in [0.25, 0.3) is 0 Å². The summed E-state index contributed by atoms with van der Waals surface area (Å²) in [6.45, 7) is 0.347. The molecule has 2 rings (SSSR count). The lowest BCUT2D eigenvalue weighted by atomic mass is 10.1. The SMILES string of the molecule is COCc1ccccc1Nc1c(F)cccc1C(=O)O. The summed E-state index contributed by atoms with van der Waals surface area (Å²) in [7, 11) is 1.56. The van der Waals surface area contributed by atoms with Crippen molar-refractivity contribution in [1.82, 2.24) is 0 Å². The molecule has 0 bridgehead atoms. The fourth-order valence-corrected chi connectivity index (χ4v) is 1.89. The molecule has 2 N–H and O–H groups in total. The van der Waals surface area contributed by atoms with Gasteiger partial charge in [0.05, 0.1) is 17.9 Å². The van der Waals surface area contributed by atoms with Gasteiger partial charge in [0.25, 0.3) is 0 Å². The number of ether oxygens (including phenoxy) is 1. The van der Waals surface area contributed by atoms with Crippen molar-refractivity contribution < 1.29 is 19.0 Å². The minimum absolute atomic E-state index is 0.0523. The van der Waals surface area contributed by atoms with Crippen molar-refractivity contribution in [2.45, 2.75) is 6.61 Å². The number of aromatic carboxylic acids is 1. The molecule has 0 aliphatic rings. The van der Waals surface area contributed by atoms with Crippen molar-refractivity contribution >= 4 is 17.3 Å². The van der Waals surface area contributed by atoms with Gasteiger partial charge in [-0.25, -0.2) is 9.18 Å². The Kier molecular flexibility index (Phi) is 4.32. The van der Waals surface area contributed by atoms with E-state index in [0.29, 0.717) is 12.3 Å². The Hall–Kier alpha value is -2.40. The van der Waals surface area contributed by atoms with E-state index in [1.54, 1.807) is 19.2 Å². The fourth-order valence-electron chi connectivity index (χ4n) is 1.89. The number of anilines is 2. The van der Waals surface area contributed by atoms with E-state index in [4.69, 9.17) is 9.84 Å². The highest BCUT2D eigenvalue weighted by Gasteiger charge is 2.15. The second-order valence-corrected chi connectivity index (χ2v) is 4.18. The summed E-state index contributed by atoms with van der Waals surface area (Å²) in [5.41, 5.74) is 1.26. The molecule has 20 heavy (non-hydrogen) atoms. The molecule has 0 aliphatic carbocycles. The molecule has 104 valence electrons. The Labute approximate surface area is 115 Å². The van der Waals surface area contributed by atoms with Gasteiger partial charge in [-0.15, -0.1) is 0 Å². The minimum atomic E-state index is -1.18. The number of hydrogen-bond donors (Lipinski definition) is 2. The predicted octanol–water partition coefficient (Wildman–Crippen LogP) is 3.41. The van der Waals surface area contributed by atoms with E-state index in [1.165, 1.54) is 18.2 Å². The van der Waals surface area contributed by atoms with Gasteiger partial charge < -0.3 is 15.2 Å². The number of para-hydroxylation sites is 2. The van der Waals surface area contributed by atoms with Gasteiger partial charge in [0.15, 0.2) is 0 Å². The van der Waals surface area contributed by atoms with Gasteiger partial charge in [-0.3, -0.25) is 0 Å². The van der Waals surface area contributed by atoms with Gasteiger partial charge in [-0.1, -0.05) is 24.3 Å². The largest absolute Gasteiger partial charge is 0.478 e. The van der Waals surface area contributed by atoms with Crippen LogP contribution in [-0.2, 0) is 11.3 Å². The molecule has 0 unspecified atom stereocenters. The number of carboxylic acids is 1. The predicted molar refractivity (Wildman–Crippen MR) is 73.8 cm³/mol. The molecule has 4 nitrogen and oxygen atoms in total. The molecular formula is C15H14FNO3. The monoisotopic (exact) mass is 275 g/mol. The number of benzene rings is 2. The summed E-state index contributed by atoms with van der Waals surface area (Å²) < 4.78 is 18.9. The Morgan fingerprint density at radius 2 is 2.00 bits per heavy atom. The van der Waals surface area contributed by atoms with E-state index >= 15 is 0 Å². The number of methoxy groups -OCH3 is 1. The smallest absolute Gasteiger partial charge is 0.337 e. The van der Waals surface area contributed by atoms with E-state index in [2.05, 4.69) is 5.32 Å². The summed E-state index contributed by atoms with van der Waals surface area (Å²) in [5, 5.41) is 11.9. The lowest BCUT2D eigenvalue weighted by Gasteiger charge is -2.14. The molecule has 0 fully saturated rings. The zero-order chi connectivity index (χ0) is 14.5. The van der Waals surface area contributed by atoms with Crippen LogP contribution in [0.4, 0.5) is 15.8 Å². The van der Waals surface area contributed by atoms with Gasteiger partial charge in [0.2, 0.25) is 0 Å². The van der Waals surface area contributed by atoms with Gasteiger partial charge >= 0.3 is 5.97 Å². The molecule has 2 aromatic carbocycles. The number of rotatable bonds is 5. The maximum atomic E-state index is 13.9. The van der Waals surface area contributed by atoms with E-state index in [1.807, 2.05) is 12.1 Å². The summed E-state index contributed by atoms with van der Waals surface area (Å²) >= 11 is 0. The number of carbonyl (C=O) groups is 1. The van der Waals surface area contributed by atoms with Gasteiger partial charge in [-0.2, -0.15) is 0 Å². The number of nitrogens with one attached hydrogen (secondary N) is 1. The summed E-state index contributed by atoms with van der Waals surface area (Å²) in [5.74, 6) is -1.80. The molecule has 0 aromatic heterocycles. The van der Waals surface area contributed by atoms with Crippen molar-refractivity contribution in [2.75, 3.05) is 12.4 Å². The first-order valence-electron chi connectivity index (χ1n) is 5.99. The van der Waals surface area contributed by atoms with Gasteiger partial charge in [0.1, 0.15) is 5.82 Å². The van der Waals surface area contributed by atoms with Crippen molar-refractivity contribution in [3.8, 4) is 0 Å². The van der Waals surface area contributed by atoms with E-state index < -0.39 is 11.8 Å². The average Bonchev–Trinajstić information content (AvgIpc) is 2.43. The molecule has 0 saturated heterocycles. The first-order chi connectivity index (χ1) is 9.63. The van der Waals surface area contributed by atoms with Crippen LogP contribution in [0.2, 0.25) is 0 Å². The zero-order valence-electron chi connectivity index (χ0n) is 10.9. The third-order valence-corrected chi connectivity index (χ3v) is 2.82. The molecule has 0 spiro atoms. The van der Waals surface area contributed by atoms with Crippen molar-refractivity contribution in [3.05, 3.63) is 59.4 Å². The highest BCUT2D eigenvalue weighted by atomic mass is 19.1. The van der Waals surface area contributed by atoms with Crippen LogP contribution < -0.4 is 5.32 Å². The van der Waals surface area contributed by atoms with Gasteiger partial charge in [0, 0.05) is 18.4 Å². The number of hydrogen-bond acceptors (Lipinski definition) is 3. The Morgan fingerprint density at radius 1 is 1.25 bits per heavy atom. The Bertz CT molecular complexity index is 628. The van der Waals surface area contributed by atoms with Crippen LogP contribution in [0.1, 0.15) is 15.9 Å². The van der Waals surface area contributed by atoms with Crippen molar-refractivity contribution in [3.63, 3.8) is 0 Å².